The van der Waals surface area contributed by atoms with Crippen LogP contribution >= 0.6 is 0 Å². The molecule has 1 heterocycles. The molecule has 2 N–H and O–H groups in total. The molecule has 3 unspecified atom stereocenters. The Balaban J connectivity index is 1.91. The predicted molar refractivity (Wildman–Crippen MR) is 32.1 cm³/mol. The summed E-state index contributed by atoms with van der Waals surface area (Å²) in [5.41, 5.74) is 0. The van der Waals surface area contributed by atoms with Crippen LogP contribution in [0.3, 0.4) is 0 Å². The van der Waals surface area contributed by atoms with Crippen molar-refractivity contribution >= 4 is 0 Å². The standard InChI is InChI=1S/C6H11NO2/c8-3-4-5-6(4)9-2-1-7-5/h4-8H,1-3H2. The highest BCUT2D eigenvalue weighted by Gasteiger charge is 2.52. The summed E-state index contributed by atoms with van der Waals surface area (Å²) in [5.74, 6) is 0.382. The smallest absolute Gasteiger partial charge is 0.0799 e. The molecule has 1 saturated carbocycles. The van der Waals surface area contributed by atoms with Crippen LogP contribution in [0, 0.1) is 5.92 Å². The number of aliphatic hydroxyl groups excluding tert-OH is 1. The summed E-state index contributed by atoms with van der Waals surface area (Å²) >= 11 is 0. The second kappa shape index (κ2) is 1.94. The van der Waals surface area contributed by atoms with Crippen molar-refractivity contribution in [3.63, 3.8) is 0 Å². The van der Waals surface area contributed by atoms with Gasteiger partial charge in [0.1, 0.15) is 0 Å². The van der Waals surface area contributed by atoms with Gasteiger partial charge in [-0.3, -0.25) is 0 Å². The average molecular weight is 129 g/mol. The Morgan fingerprint density at radius 1 is 1.67 bits per heavy atom. The van der Waals surface area contributed by atoms with Gasteiger partial charge in [0.15, 0.2) is 0 Å². The van der Waals surface area contributed by atoms with Crippen molar-refractivity contribution < 1.29 is 9.84 Å². The molecule has 0 radical (unpaired) electrons. The molecule has 2 rings (SSSR count). The zero-order chi connectivity index (χ0) is 6.27. The van der Waals surface area contributed by atoms with Gasteiger partial charge >= 0.3 is 0 Å². The third kappa shape index (κ3) is 0.764. The number of morpholine rings is 1. The zero-order valence-corrected chi connectivity index (χ0v) is 5.21. The molecule has 0 bridgehead atoms. The summed E-state index contributed by atoms with van der Waals surface area (Å²) in [6.45, 7) is 2.01. The molecule has 1 aliphatic carbocycles. The molecule has 3 nitrogen and oxygen atoms in total. The zero-order valence-electron chi connectivity index (χ0n) is 5.21. The molecule has 2 aliphatic rings. The maximum absolute atomic E-state index is 8.72. The molecule has 3 atom stereocenters. The van der Waals surface area contributed by atoms with E-state index in [0.29, 0.717) is 18.1 Å². The highest BCUT2D eigenvalue weighted by Crippen LogP contribution is 2.35. The van der Waals surface area contributed by atoms with Crippen LogP contribution in [0.15, 0.2) is 0 Å². The van der Waals surface area contributed by atoms with Crippen molar-refractivity contribution in [3.8, 4) is 0 Å². The van der Waals surface area contributed by atoms with E-state index in [1.54, 1.807) is 0 Å². The van der Waals surface area contributed by atoms with Gasteiger partial charge in [0.2, 0.25) is 0 Å². The minimum Gasteiger partial charge on any atom is -0.396 e. The first kappa shape index (κ1) is 5.65. The van der Waals surface area contributed by atoms with E-state index in [0.717, 1.165) is 13.2 Å². The lowest BCUT2D eigenvalue weighted by molar-refractivity contribution is 0.0815. The van der Waals surface area contributed by atoms with E-state index in [1.807, 2.05) is 0 Å². The minimum absolute atomic E-state index is 0.266. The Labute approximate surface area is 54.0 Å². The molecule has 0 aromatic carbocycles. The second-order valence-corrected chi connectivity index (χ2v) is 2.66. The van der Waals surface area contributed by atoms with Crippen molar-refractivity contribution in [1.82, 2.24) is 5.32 Å². The van der Waals surface area contributed by atoms with E-state index in [-0.39, 0.29) is 6.61 Å². The normalized spacial score (nSPS) is 48.3. The molecule has 3 heteroatoms. The Morgan fingerprint density at radius 3 is 3.11 bits per heavy atom. The predicted octanol–water partition coefficient (Wildman–Crippen LogP) is -1.03. The number of rotatable bonds is 1. The lowest BCUT2D eigenvalue weighted by Crippen LogP contribution is -2.30. The topological polar surface area (TPSA) is 41.5 Å². The molecular formula is C6H11NO2. The fourth-order valence-electron chi connectivity index (χ4n) is 1.48. The van der Waals surface area contributed by atoms with Gasteiger partial charge in [-0.15, -0.1) is 0 Å². The lowest BCUT2D eigenvalue weighted by Gasteiger charge is -2.09. The van der Waals surface area contributed by atoms with Gasteiger partial charge in [0.25, 0.3) is 0 Å². The first-order valence-corrected chi connectivity index (χ1v) is 3.39. The van der Waals surface area contributed by atoms with Gasteiger partial charge in [-0.1, -0.05) is 0 Å². The van der Waals surface area contributed by atoms with Crippen molar-refractivity contribution in [2.24, 2.45) is 5.92 Å². The molecule has 52 valence electrons. The van der Waals surface area contributed by atoms with E-state index >= 15 is 0 Å². The second-order valence-electron chi connectivity index (χ2n) is 2.66. The van der Waals surface area contributed by atoms with Crippen LogP contribution in [0.2, 0.25) is 0 Å². The maximum atomic E-state index is 8.72. The summed E-state index contributed by atoms with van der Waals surface area (Å²) in [7, 11) is 0. The molecule has 9 heavy (non-hydrogen) atoms. The molecule has 1 saturated heterocycles. The maximum Gasteiger partial charge on any atom is 0.0799 e. The molecule has 1 aliphatic heterocycles. The summed E-state index contributed by atoms with van der Waals surface area (Å²) < 4.78 is 5.33. The van der Waals surface area contributed by atoms with Crippen LogP contribution in [0.4, 0.5) is 0 Å². The quantitative estimate of drug-likeness (QED) is 0.475. The summed E-state index contributed by atoms with van der Waals surface area (Å²) in [4.78, 5) is 0. The highest BCUT2D eigenvalue weighted by atomic mass is 16.5. The van der Waals surface area contributed by atoms with Crippen molar-refractivity contribution in [3.05, 3.63) is 0 Å². The van der Waals surface area contributed by atoms with Crippen LogP contribution in [-0.4, -0.2) is 37.0 Å². The first-order chi connectivity index (χ1) is 4.43. The van der Waals surface area contributed by atoms with Crippen LogP contribution in [0.5, 0.6) is 0 Å². The van der Waals surface area contributed by atoms with E-state index in [4.69, 9.17) is 9.84 Å². The third-order valence-electron chi connectivity index (χ3n) is 2.10. The van der Waals surface area contributed by atoms with Gasteiger partial charge in [0, 0.05) is 18.5 Å². The van der Waals surface area contributed by atoms with Gasteiger partial charge in [-0.25, -0.2) is 0 Å². The van der Waals surface area contributed by atoms with Gasteiger partial charge in [-0.05, 0) is 0 Å². The van der Waals surface area contributed by atoms with Gasteiger partial charge in [-0.2, -0.15) is 0 Å². The SMILES string of the molecule is OCC1C2NCCOC12. The summed E-state index contributed by atoms with van der Waals surface area (Å²) in [5, 5.41) is 12.0. The highest BCUT2D eigenvalue weighted by molar-refractivity contribution is 5.06. The van der Waals surface area contributed by atoms with Crippen molar-refractivity contribution in [2.75, 3.05) is 19.8 Å². The number of hydrogen-bond donors (Lipinski definition) is 2. The van der Waals surface area contributed by atoms with E-state index in [1.165, 1.54) is 0 Å². The van der Waals surface area contributed by atoms with Crippen molar-refractivity contribution in [1.29, 1.82) is 0 Å². The third-order valence-corrected chi connectivity index (χ3v) is 2.10. The number of fused-ring (bicyclic) bond motifs is 1. The number of hydrogen-bond acceptors (Lipinski definition) is 3. The molecule has 0 aromatic rings. The fraction of sp³-hybridized carbons (Fsp3) is 1.00. The van der Waals surface area contributed by atoms with Gasteiger partial charge < -0.3 is 15.2 Å². The van der Waals surface area contributed by atoms with Crippen LogP contribution < -0.4 is 5.32 Å². The van der Waals surface area contributed by atoms with Gasteiger partial charge in [0.05, 0.1) is 19.3 Å². The molecule has 0 aromatic heterocycles. The number of nitrogens with one attached hydrogen (secondary N) is 1. The fourth-order valence-corrected chi connectivity index (χ4v) is 1.48. The summed E-state index contributed by atoms with van der Waals surface area (Å²) in [6.07, 6.45) is 0.323. The molecule has 0 spiro atoms. The first-order valence-electron chi connectivity index (χ1n) is 3.39. The lowest BCUT2D eigenvalue weighted by atomic mass is 10.4. The molecule has 0 amide bonds. The van der Waals surface area contributed by atoms with E-state index < -0.39 is 0 Å². The molecule has 2 fully saturated rings. The minimum atomic E-state index is 0.266. The Bertz CT molecular complexity index is 98.9. The summed E-state index contributed by atoms with van der Waals surface area (Å²) in [6, 6.07) is 0.462. The number of ether oxygens (including phenoxy) is 1. The Kier molecular flexibility index (Phi) is 1.22. The largest absolute Gasteiger partial charge is 0.396 e. The van der Waals surface area contributed by atoms with E-state index in [2.05, 4.69) is 5.32 Å². The van der Waals surface area contributed by atoms with E-state index in [9.17, 15) is 0 Å². The molecular weight excluding hydrogens is 118 g/mol. The Hall–Kier alpha value is -0.120. The van der Waals surface area contributed by atoms with Crippen LogP contribution in [-0.2, 0) is 4.74 Å². The monoisotopic (exact) mass is 129 g/mol. The van der Waals surface area contributed by atoms with Crippen molar-refractivity contribution in [2.45, 2.75) is 12.1 Å². The number of aliphatic hydroxyl groups is 1. The van der Waals surface area contributed by atoms with Crippen LogP contribution in [0.1, 0.15) is 0 Å². The van der Waals surface area contributed by atoms with Crippen LogP contribution in [0.25, 0.3) is 0 Å². The Morgan fingerprint density at radius 2 is 2.56 bits per heavy atom. The average Bonchev–Trinajstić information content (AvgIpc) is 2.60.